The van der Waals surface area contributed by atoms with E-state index in [0.717, 1.165) is 39.2 Å². The number of aryl methyl sites for hydroxylation is 3. The van der Waals surface area contributed by atoms with Crippen LogP contribution in [0.25, 0.3) is 16.6 Å². The first-order chi connectivity index (χ1) is 14.3. The van der Waals surface area contributed by atoms with Crippen molar-refractivity contribution in [2.45, 2.75) is 46.6 Å². The van der Waals surface area contributed by atoms with Gasteiger partial charge in [-0.1, -0.05) is 18.2 Å². The minimum atomic E-state index is -0.853. The molecule has 7 nitrogen and oxygen atoms in total. The lowest BCUT2D eigenvalue weighted by Gasteiger charge is -2.13. The van der Waals surface area contributed by atoms with Gasteiger partial charge in [0.1, 0.15) is 0 Å². The number of esters is 1. The summed E-state index contributed by atoms with van der Waals surface area (Å²) in [6, 6.07) is 9.48. The summed E-state index contributed by atoms with van der Waals surface area (Å²) in [5.41, 5.74) is 5.90. The summed E-state index contributed by atoms with van der Waals surface area (Å²) in [4.78, 5) is 32.9. The van der Waals surface area contributed by atoms with E-state index < -0.39 is 12.1 Å². The number of nitrogens with zero attached hydrogens (tertiary/aromatic N) is 3. The van der Waals surface area contributed by atoms with Crippen molar-refractivity contribution in [2.24, 2.45) is 0 Å². The zero-order chi connectivity index (χ0) is 21.4. The molecular formula is C23H24N4O3. The molecule has 1 aromatic carbocycles. The number of nitrogens with one attached hydrogen (secondary N) is 1. The fourth-order valence-electron chi connectivity index (χ4n) is 3.83. The van der Waals surface area contributed by atoms with E-state index >= 15 is 0 Å². The number of rotatable bonds is 6. The molecule has 30 heavy (non-hydrogen) atoms. The monoisotopic (exact) mass is 404 g/mol. The second-order valence-corrected chi connectivity index (χ2v) is 7.56. The number of Topliss-reactive ketones (excluding diaryl/α,β-unsaturated/α-hetero) is 1. The van der Waals surface area contributed by atoms with Gasteiger partial charge in [-0.15, -0.1) is 0 Å². The third-order valence-electron chi connectivity index (χ3n) is 5.40. The van der Waals surface area contributed by atoms with Crippen molar-refractivity contribution in [1.29, 1.82) is 0 Å². The van der Waals surface area contributed by atoms with Gasteiger partial charge >= 0.3 is 5.97 Å². The number of benzene rings is 1. The Labute approximate surface area is 174 Å². The summed E-state index contributed by atoms with van der Waals surface area (Å²) in [6.45, 7) is 7.43. The van der Waals surface area contributed by atoms with Crippen LogP contribution in [-0.4, -0.2) is 37.4 Å². The largest absolute Gasteiger partial charge is 0.454 e. The van der Waals surface area contributed by atoms with Crippen LogP contribution in [0.1, 0.15) is 46.3 Å². The molecule has 0 amide bonds. The average molecular weight is 404 g/mol. The molecule has 7 heteroatoms. The number of H-pyrrole nitrogens is 1. The maximum Gasteiger partial charge on any atom is 0.306 e. The van der Waals surface area contributed by atoms with Crippen LogP contribution in [0.15, 0.2) is 36.5 Å². The quantitative estimate of drug-likeness (QED) is 0.389. The fraction of sp³-hybridized carbons (Fsp3) is 0.304. The van der Waals surface area contributed by atoms with E-state index in [0.29, 0.717) is 12.0 Å². The first-order valence-corrected chi connectivity index (χ1v) is 9.97. The average Bonchev–Trinajstić information content (AvgIpc) is 3.30. The van der Waals surface area contributed by atoms with E-state index in [1.165, 1.54) is 0 Å². The molecule has 1 N–H and O–H groups in total. The maximum atomic E-state index is 12.8. The molecule has 1 atom stereocenters. The molecule has 4 rings (SSSR count). The highest BCUT2D eigenvalue weighted by Crippen LogP contribution is 2.21. The van der Waals surface area contributed by atoms with Gasteiger partial charge < -0.3 is 9.72 Å². The predicted molar refractivity (Wildman–Crippen MR) is 114 cm³/mol. The van der Waals surface area contributed by atoms with Gasteiger partial charge in [0, 0.05) is 46.5 Å². The van der Waals surface area contributed by atoms with Crippen molar-refractivity contribution in [2.75, 3.05) is 0 Å². The smallest absolute Gasteiger partial charge is 0.306 e. The molecule has 0 aliphatic carbocycles. The third-order valence-corrected chi connectivity index (χ3v) is 5.40. The Morgan fingerprint density at radius 1 is 1.20 bits per heavy atom. The van der Waals surface area contributed by atoms with Crippen LogP contribution in [0, 0.1) is 20.8 Å². The second-order valence-electron chi connectivity index (χ2n) is 7.56. The van der Waals surface area contributed by atoms with Gasteiger partial charge in [-0.3, -0.25) is 9.59 Å². The SMILES string of the molecule is Cc1cc2nc(C)c(CCC(=O)O[C@@H](C)C(=O)c3c[nH]c4ccccc34)c(C)n2n1. The topological polar surface area (TPSA) is 89.3 Å². The van der Waals surface area contributed by atoms with Crippen molar-refractivity contribution in [3.05, 3.63) is 64.7 Å². The van der Waals surface area contributed by atoms with Gasteiger partial charge in [-0.2, -0.15) is 5.10 Å². The Bertz CT molecular complexity index is 1270. The summed E-state index contributed by atoms with van der Waals surface area (Å²) < 4.78 is 7.23. The molecule has 0 saturated heterocycles. The number of ketones is 1. The van der Waals surface area contributed by atoms with Crippen molar-refractivity contribution in [3.63, 3.8) is 0 Å². The Morgan fingerprint density at radius 3 is 2.77 bits per heavy atom. The molecule has 0 fully saturated rings. The molecular weight excluding hydrogens is 380 g/mol. The van der Waals surface area contributed by atoms with E-state index in [1.54, 1.807) is 17.6 Å². The predicted octanol–water partition coefficient (Wildman–Crippen LogP) is 3.88. The van der Waals surface area contributed by atoms with Gasteiger partial charge in [-0.25, -0.2) is 9.50 Å². The first kappa shape index (κ1) is 19.8. The molecule has 0 saturated carbocycles. The third kappa shape index (κ3) is 3.58. The van der Waals surface area contributed by atoms with Crippen LogP contribution in [0.2, 0.25) is 0 Å². The van der Waals surface area contributed by atoms with E-state index in [1.807, 2.05) is 51.1 Å². The summed E-state index contributed by atoms with van der Waals surface area (Å²) in [5.74, 6) is -0.630. The fourth-order valence-corrected chi connectivity index (χ4v) is 3.83. The number of aromatic nitrogens is 4. The molecule has 4 aromatic rings. The standard InChI is InChI=1S/C23H24N4O3/c1-13-11-21-25-14(2)17(15(3)27(21)26-13)9-10-22(28)30-16(4)23(29)19-12-24-20-8-6-5-7-18(19)20/h5-8,11-12,16,24H,9-10H2,1-4H3/t16-/m0/s1. The molecule has 0 aliphatic heterocycles. The first-order valence-electron chi connectivity index (χ1n) is 9.97. The van der Waals surface area contributed by atoms with Crippen LogP contribution in [0.4, 0.5) is 0 Å². The van der Waals surface area contributed by atoms with Crippen molar-refractivity contribution in [3.8, 4) is 0 Å². The molecule has 0 spiro atoms. The lowest BCUT2D eigenvalue weighted by molar-refractivity contribution is -0.146. The van der Waals surface area contributed by atoms with Crippen molar-refractivity contribution >= 4 is 28.3 Å². The van der Waals surface area contributed by atoms with Gasteiger partial charge in [0.15, 0.2) is 11.8 Å². The van der Waals surface area contributed by atoms with Crippen LogP contribution in [0.5, 0.6) is 0 Å². The number of ether oxygens (including phenoxy) is 1. The summed E-state index contributed by atoms with van der Waals surface area (Å²) in [5, 5.41) is 5.28. The van der Waals surface area contributed by atoms with Crippen LogP contribution >= 0.6 is 0 Å². The van der Waals surface area contributed by atoms with E-state index in [2.05, 4.69) is 15.1 Å². The van der Waals surface area contributed by atoms with Crippen molar-refractivity contribution < 1.29 is 14.3 Å². The van der Waals surface area contributed by atoms with Crippen LogP contribution < -0.4 is 0 Å². The number of fused-ring (bicyclic) bond motifs is 2. The normalized spacial score (nSPS) is 12.4. The van der Waals surface area contributed by atoms with Gasteiger partial charge in [-0.05, 0) is 45.7 Å². The molecule has 3 heterocycles. The van der Waals surface area contributed by atoms with Crippen LogP contribution in [0.3, 0.4) is 0 Å². The van der Waals surface area contributed by atoms with Gasteiger partial charge in [0.25, 0.3) is 0 Å². The zero-order valence-corrected chi connectivity index (χ0v) is 17.5. The number of hydrogen-bond donors (Lipinski definition) is 1. The molecule has 0 radical (unpaired) electrons. The number of carbonyl (C=O) groups excluding carboxylic acids is 2. The molecule has 0 unspecified atom stereocenters. The second kappa shape index (κ2) is 7.74. The summed E-state index contributed by atoms with van der Waals surface area (Å²) in [7, 11) is 0. The molecule has 154 valence electrons. The highest BCUT2D eigenvalue weighted by atomic mass is 16.5. The summed E-state index contributed by atoms with van der Waals surface area (Å²) in [6.07, 6.45) is 1.46. The van der Waals surface area contributed by atoms with E-state index in [9.17, 15) is 9.59 Å². The van der Waals surface area contributed by atoms with Gasteiger partial charge in [0.05, 0.1) is 5.69 Å². The zero-order valence-electron chi connectivity index (χ0n) is 17.5. The maximum absolute atomic E-state index is 12.8. The Hall–Kier alpha value is -3.48. The Morgan fingerprint density at radius 2 is 1.97 bits per heavy atom. The number of aromatic amines is 1. The minimum absolute atomic E-state index is 0.167. The molecule has 0 bridgehead atoms. The Balaban J connectivity index is 1.43. The lowest BCUT2D eigenvalue weighted by atomic mass is 10.1. The molecule has 0 aliphatic rings. The highest BCUT2D eigenvalue weighted by molar-refractivity contribution is 6.10. The van der Waals surface area contributed by atoms with E-state index in [-0.39, 0.29) is 12.2 Å². The van der Waals surface area contributed by atoms with Crippen LogP contribution in [-0.2, 0) is 16.0 Å². The minimum Gasteiger partial charge on any atom is -0.454 e. The highest BCUT2D eigenvalue weighted by Gasteiger charge is 2.22. The Kier molecular flexibility index (Phi) is 5.11. The number of hydrogen-bond acceptors (Lipinski definition) is 5. The number of carbonyl (C=O) groups is 2. The van der Waals surface area contributed by atoms with Gasteiger partial charge in [0.2, 0.25) is 5.78 Å². The molecule has 3 aromatic heterocycles. The summed E-state index contributed by atoms with van der Waals surface area (Å²) >= 11 is 0. The number of para-hydroxylation sites is 1. The van der Waals surface area contributed by atoms with Crippen molar-refractivity contribution in [1.82, 2.24) is 19.6 Å². The van der Waals surface area contributed by atoms with E-state index in [4.69, 9.17) is 4.74 Å². The lowest BCUT2D eigenvalue weighted by Crippen LogP contribution is -2.24.